The normalized spacial score (nSPS) is 22.2. The molecule has 0 bridgehead atoms. The molecule has 2 fully saturated rings. The van der Waals surface area contributed by atoms with Gasteiger partial charge >= 0.3 is 0 Å². The molecule has 2 atom stereocenters. The van der Waals surface area contributed by atoms with E-state index in [-0.39, 0.29) is 29.0 Å². The minimum absolute atomic E-state index is 0.0270. The molecule has 0 saturated carbocycles. The minimum atomic E-state index is -0.322. The Hall–Kier alpha value is -2.29. The van der Waals surface area contributed by atoms with Crippen LogP contribution in [0.3, 0.4) is 0 Å². The van der Waals surface area contributed by atoms with Crippen LogP contribution in [0.25, 0.3) is 0 Å². The summed E-state index contributed by atoms with van der Waals surface area (Å²) in [6, 6.07) is 2.79. The highest BCUT2D eigenvalue weighted by molar-refractivity contribution is 6.33. The molecule has 0 aromatic heterocycles. The quantitative estimate of drug-likeness (QED) is 0.474. The number of likely N-dealkylation sites (tertiary alicyclic amines) is 2. The summed E-state index contributed by atoms with van der Waals surface area (Å²) in [5, 5.41) is 3.29. The first-order chi connectivity index (χ1) is 15.4. The molecule has 2 saturated heterocycles. The number of ether oxygens (including phenoxy) is 2. The summed E-state index contributed by atoms with van der Waals surface area (Å²) in [4.78, 5) is 29.7. The molecular formula is C23H33ClN4O4. The number of nitrogens with zero attached hydrogens (tertiary/aromatic N) is 2. The van der Waals surface area contributed by atoms with E-state index < -0.39 is 0 Å². The lowest BCUT2D eigenvalue weighted by Crippen LogP contribution is -2.55. The third kappa shape index (κ3) is 6.15. The summed E-state index contributed by atoms with van der Waals surface area (Å²) in [5.74, 6) is 0.00245. The Labute approximate surface area is 194 Å². The molecule has 176 valence electrons. The van der Waals surface area contributed by atoms with E-state index in [1.807, 2.05) is 6.08 Å². The Bertz CT molecular complexity index is 842. The molecule has 8 nitrogen and oxygen atoms in total. The standard InChI is InChI=1S/C23H33ClN4O4/c1-31-20-14-18(25)17(24)13-16(20)23(30)26-19-8-12-28(15-21(19)32-2)22(29)7-6-11-27-9-4-3-5-10-27/h6-7,13-14,19,21H,3-5,8-12,15,25H2,1-2H3,(H,26,30)/b7-6+/t19-,21+/m0/s1. The fourth-order valence-electron chi connectivity index (χ4n) is 4.23. The Morgan fingerprint density at radius 1 is 1.22 bits per heavy atom. The maximum Gasteiger partial charge on any atom is 0.255 e. The third-order valence-electron chi connectivity index (χ3n) is 6.13. The van der Waals surface area contributed by atoms with Crippen LogP contribution in [0, 0.1) is 0 Å². The lowest BCUT2D eigenvalue weighted by molar-refractivity contribution is -0.130. The summed E-state index contributed by atoms with van der Waals surface area (Å²) < 4.78 is 10.9. The fraction of sp³-hybridized carbons (Fsp3) is 0.565. The molecule has 0 spiro atoms. The topological polar surface area (TPSA) is 97.1 Å². The minimum Gasteiger partial charge on any atom is -0.496 e. The number of amides is 2. The van der Waals surface area contributed by atoms with Crippen LogP contribution in [0.1, 0.15) is 36.0 Å². The molecular weight excluding hydrogens is 432 g/mol. The second kappa shape index (κ2) is 11.5. The van der Waals surface area contributed by atoms with Crippen molar-refractivity contribution in [2.75, 3.05) is 52.7 Å². The highest BCUT2D eigenvalue weighted by atomic mass is 35.5. The van der Waals surface area contributed by atoms with Gasteiger partial charge in [0.05, 0.1) is 35.5 Å². The molecule has 2 heterocycles. The molecule has 1 aromatic carbocycles. The van der Waals surface area contributed by atoms with E-state index in [1.54, 1.807) is 18.1 Å². The van der Waals surface area contributed by atoms with E-state index in [0.29, 0.717) is 36.5 Å². The van der Waals surface area contributed by atoms with Gasteiger partial charge in [-0.15, -0.1) is 0 Å². The van der Waals surface area contributed by atoms with Crippen LogP contribution < -0.4 is 15.8 Å². The maximum absolute atomic E-state index is 12.9. The fourth-order valence-corrected chi connectivity index (χ4v) is 4.40. The van der Waals surface area contributed by atoms with E-state index in [9.17, 15) is 9.59 Å². The first kappa shape index (κ1) is 24.4. The smallest absolute Gasteiger partial charge is 0.255 e. The van der Waals surface area contributed by atoms with Crippen molar-refractivity contribution < 1.29 is 19.1 Å². The van der Waals surface area contributed by atoms with E-state index in [1.165, 1.54) is 38.5 Å². The Morgan fingerprint density at radius 2 is 1.97 bits per heavy atom. The van der Waals surface area contributed by atoms with Crippen molar-refractivity contribution in [3.05, 3.63) is 34.9 Å². The maximum atomic E-state index is 12.9. The van der Waals surface area contributed by atoms with Gasteiger partial charge in [0.15, 0.2) is 0 Å². The number of piperidine rings is 2. The SMILES string of the molecule is COc1cc(N)c(Cl)cc1C(=O)N[C@H]1CCN(C(=O)/C=C/CN2CCCCC2)C[C@H]1OC. The van der Waals surface area contributed by atoms with Gasteiger partial charge in [-0.25, -0.2) is 0 Å². The predicted octanol–water partition coefficient (Wildman–Crippen LogP) is 2.32. The second-order valence-corrected chi connectivity index (χ2v) is 8.67. The highest BCUT2D eigenvalue weighted by Crippen LogP contribution is 2.29. The molecule has 3 rings (SSSR count). The zero-order valence-electron chi connectivity index (χ0n) is 18.8. The molecule has 2 aliphatic heterocycles. The average molecular weight is 465 g/mol. The molecule has 32 heavy (non-hydrogen) atoms. The van der Waals surface area contributed by atoms with Crippen LogP contribution in [-0.2, 0) is 9.53 Å². The van der Waals surface area contributed by atoms with Gasteiger partial charge in [0, 0.05) is 38.9 Å². The highest BCUT2D eigenvalue weighted by Gasteiger charge is 2.32. The molecule has 9 heteroatoms. The van der Waals surface area contributed by atoms with Gasteiger partial charge in [0.25, 0.3) is 5.91 Å². The number of nitrogens with two attached hydrogens (primary N) is 1. The van der Waals surface area contributed by atoms with Crippen molar-refractivity contribution in [2.24, 2.45) is 0 Å². The van der Waals surface area contributed by atoms with Gasteiger partial charge in [-0.3, -0.25) is 14.5 Å². The van der Waals surface area contributed by atoms with E-state index in [2.05, 4.69) is 10.2 Å². The summed E-state index contributed by atoms with van der Waals surface area (Å²) in [7, 11) is 3.06. The summed E-state index contributed by atoms with van der Waals surface area (Å²) in [6.07, 6.45) is 7.61. The number of nitrogen functional groups attached to an aromatic ring is 1. The van der Waals surface area contributed by atoms with E-state index in [0.717, 1.165) is 19.6 Å². The largest absolute Gasteiger partial charge is 0.496 e. The Morgan fingerprint density at radius 3 is 2.66 bits per heavy atom. The number of carbonyl (C=O) groups is 2. The third-order valence-corrected chi connectivity index (χ3v) is 6.45. The number of nitrogens with one attached hydrogen (secondary N) is 1. The van der Waals surface area contributed by atoms with Gasteiger partial charge in [-0.2, -0.15) is 0 Å². The molecule has 3 N–H and O–H groups in total. The average Bonchev–Trinajstić information content (AvgIpc) is 2.81. The van der Waals surface area contributed by atoms with Crippen LogP contribution in [0.5, 0.6) is 5.75 Å². The van der Waals surface area contributed by atoms with Crippen LogP contribution in [0.15, 0.2) is 24.3 Å². The van der Waals surface area contributed by atoms with Gasteiger partial charge < -0.3 is 25.4 Å². The van der Waals surface area contributed by atoms with Crippen molar-refractivity contribution in [2.45, 2.75) is 37.8 Å². The number of halogens is 1. The Kier molecular flexibility index (Phi) is 8.78. The second-order valence-electron chi connectivity index (χ2n) is 8.26. The van der Waals surface area contributed by atoms with Crippen LogP contribution >= 0.6 is 11.6 Å². The van der Waals surface area contributed by atoms with Crippen LogP contribution in [-0.4, -0.2) is 80.7 Å². The number of hydrogen-bond donors (Lipinski definition) is 2. The molecule has 0 unspecified atom stereocenters. The van der Waals surface area contributed by atoms with Gasteiger partial charge in [-0.1, -0.05) is 24.1 Å². The molecule has 2 aliphatic rings. The van der Waals surface area contributed by atoms with Crippen molar-refractivity contribution >= 4 is 29.1 Å². The predicted molar refractivity (Wildman–Crippen MR) is 125 cm³/mol. The van der Waals surface area contributed by atoms with E-state index in [4.69, 9.17) is 26.8 Å². The zero-order chi connectivity index (χ0) is 23.1. The number of benzene rings is 1. The van der Waals surface area contributed by atoms with Crippen molar-refractivity contribution in [3.63, 3.8) is 0 Å². The van der Waals surface area contributed by atoms with Crippen molar-refractivity contribution in [1.82, 2.24) is 15.1 Å². The van der Waals surface area contributed by atoms with Crippen molar-refractivity contribution in [3.8, 4) is 5.75 Å². The first-order valence-electron chi connectivity index (χ1n) is 11.1. The van der Waals surface area contributed by atoms with Crippen LogP contribution in [0.2, 0.25) is 5.02 Å². The molecule has 2 amide bonds. The summed E-state index contributed by atoms with van der Waals surface area (Å²) in [5.41, 5.74) is 6.45. The molecule has 0 radical (unpaired) electrons. The summed E-state index contributed by atoms with van der Waals surface area (Å²) >= 11 is 6.09. The zero-order valence-corrected chi connectivity index (χ0v) is 19.6. The summed E-state index contributed by atoms with van der Waals surface area (Å²) in [6.45, 7) is 3.95. The lowest BCUT2D eigenvalue weighted by Gasteiger charge is -2.37. The Balaban J connectivity index is 1.56. The number of rotatable bonds is 7. The van der Waals surface area contributed by atoms with Crippen molar-refractivity contribution in [1.29, 1.82) is 0 Å². The lowest BCUT2D eigenvalue weighted by atomic mass is 10.0. The molecule has 0 aliphatic carbocycles. The monoisotopic (exact) mass is 464 g/mol. The number of hydrogen-bond acceptors (Lipinski definition) is 6. The number of carbonyl (C=O) groups excluding carboxylic acids is 2. The van der Waals surface area contributed by atoms with Crippen LogP contribution in [0.4, 0.5) is 5.69 Å². The number of methoxy groups -OCH3 is 2. The van der Waals surface area contributed by atoms with Gasteiger partial charge in [-0.05, 0) is 38.4 Å². The van der Waals surface area contributed by atoms with E-state index >= 15 is 0 Å². The molecule has 1 aromatic rings. The number of anilines is 1. The first-order valence-corrected chi connectivity index (χ1v) is 11.4. The van der Waals surface area contributed by atoms with Gasteiger partial charge in [0.2, 0.25) is 5.91 Å². The van der Waals surface area contributed by atoms with Gasteiger partial charge in [0.1, 0.15) is 5.75 Å².